The fourth-order valence-electron chi connectivity index (χ4n) is 3.28. The molecule has 0 bridgehead atoms. The monoisotopic (exact) mass is 488 g/mol. The summed E-state index contributed by atoms with van der Waals surface area (Å²) < 4.78 is 5.48. The van der Waals surface area contributed by atoms with Crippen molar-refractivity contribution in [1.29, 1.82) is 0 Å². The first-order chi connectivity index (χ1) is 12.6. The molecule has 1 aromatic carbocycles. The lowest BCUT2D eigenvalue weighted by atomic mass is 10.0. The molecule has 5 nitrogen and oxygen atoms in total. The average molecular weight is 488 g/mol. The van der Waals surface area contributed by atoms with E-state index in [0.29, 0.717) is 6.04 Å². The Bertz CT molecular complexity index is 559. The second-order valence-electron chi connectivity index (χ2n) is 7.52. The van der Waals surface area contributed by atoms with Gasteiger partial charge < -0.3 is 20.3 Å². The van der Waals surface area contributed by atoms with Crippen molar-refractivity contribution in [2.24, 2.45) is 10.9 Å². The lowest BCUT2D eigenvalue weighted by molar-refractivity contribution is 0.122. The van der Waals surface area contributed by atoms with Gasteiger partial charge in [0.25, 0.3) is 0 Å². The van der Waals surface area contributed by atoms with Crippen LogP contribution in [0.1, 0.15) is 45.6 Å². The number of nitrogens with zero attached hydrogens (tertiary/aromatic N) is 2. The van der Waals surface area contributed by atoms with Crippen molar-refractivity contribution in [3.05, 3.63) is 29.8 Å². The van der Waals surface area contributed by atoms with Crippen molar-refractivity contribution in [2.45, 2.75) is 52.6 Å². The maximum absolute atomic E-state index is 5.48. The van der Waals surface area contributed by atoms with Gasteiger partial charge in [-0.15, -0.1) is 24.0 Å². The van der Waals surface area contributed by atoms with Gasteiger partial charge in [0.05, 0.1) is 13.2 Å². The number of para-hydroxylation sites is 1. The number of ether oxygens (including phenoxy) is 1. The first-order valence-corrected chi connectivity index (χ1v) is 9.98. The molecule has 1 aliphatic rings. The molecule has 27 heavy (non-hydrogen) atoms. The van der Waals surface area contributed by atoms with E-state index >= 15 is 0 Å². The van der Waals surface area contributed by atoms with Crippen molar-refractivity contribution in [1.82, 2.24) is 10.6 Å². The number of anilines is 1. The molecule has 154 valence electrons. The minimum absolute atomic E-state index is 0. The smallest absolute Gasteiger partial charge is 0.191 e. The minimum Gasteiger partial charge on any atom is -0.378 e. The predicted octanol–water partition coefficient (Wildman–Crippen LogP) is 4.02. The first kappa shape index (κ1) is 24.0. The van der Waals surface area contributed by atoms with Crippen molar-refractivity contribution < 1.29 is 4.74 Å². The van der Waals surface area contributed by atoms with E-state index in [4.69, 9.17) is 4.74 Å². The molecule has 1 aliphatic heterocycles. The van der Waals surface area contributed by atoms with E-state index in [1.165, 1.54) is 30.5 Å². The Morgan fingerprint density at radius 2 is 1.85 bits per heavy atom. The molecule has 1 fully saturated rings. The van der Waals surface area contributed by atoms with E-state index in [-0.39, 0.29) is 24.0 Å². The number of hydrogen-bond acceptors (Lipinski definition) is 3. The number of rotatable bonds is 8. The highest BCUT2D eigenvalue weighted by Gasteiger charge is 2.14. The minimum atomic E-state index is 0. The lowest BCUT2D eigenvalue weighted by Crippen LogP contribution is -2.42. The van der Waals surface area contributed by atoms with Crippen LogP contribution in [0.5, 0.6) is 0 Å². The summed E-state index contributed by atoms with van der Waals surface area (Å²) in [6.45, 7) is 11.1. The molecule has 1 aromatic rings. The van der Waals surface area contributed by atoms with E-state index in [1.807, 2.05) is 7.05 Å². The second-order valence-corrected chi connectivity index (χ2v) is 7.52. The molecule has 2 rings (SSSR count). The van der Waals surface area contributed by atoms with Crippen LogP contribution in [0.4, 0.5) is 5.69 Å². The third-order valence-electron chi connectivity index (χ3n) is 4.82. The highest BCUT2D eigenvalue weighted by atomic mass is 127. The number of nitrogens with one attached hydrogen (secondary N) is 2. The van der Waals surface area contributed by atoms with Crippen molar-refractivity contribution in [3.63, 3.8) is 0 Å². The first-order valence-electron chi connectivity index (χ1n) is 9.98. The SMILES string of the molecule is CN=C(NCc1ccccc1N1CCOCC1)NC(C)CCCC(C)C.I. The number of guanidine groups is 1. The number of halogens is 1. The van der Waals surface area contributed by atoms with Gasteiger partial charge >= 0.3 is 0 Å². The van der Waals surface area contributed by atoms with Crippen LogP contribution in [-0.2, 0) is 11.3 Å². The predicted molar refractivity (Wildman–Crippen MR) is 126 cm³/mol. The Morgan fingerprint density at radius 3 is 2.52 bits per heavy atom. The maximum Gasteiger partial charge on any atom is 0.191 e. The lowest BCUT2D eigenvalue weighted by Gasteiger charge is -2.30. The Hall–Kier alpha value is -1.02. The van der Waals surface area contributed by atoms with Gasteiger partial charge in [0.15, 0.2) is 5.96 Å². The number of morpholine rings is 1. The molecular weight excluding hydrogens is 451 g/mol. The van der Waals surface area contributed by atoms with Gasteiger partial charge in [-0.25, -0.2) is 0 Å². The topological polar surface area (TPSA) is 48.9 Å². The van der Waals surface area contributed by atoms with E-state index < -0.39 is 0 Å². The van der Waals surface area contributed by atoms with Crippen molar-refractivity contribution >= 4 is 35.6 Å². The Labute approximate surface area is 182 Å². The summed E-state index contributed by atoms with van der Waals surface area (Å²) in [4.78, 5) is 6.80. The molecule has 0 saturated carbocycles. The molecule has 0 amide bonds. The van der Waals surface area contributed by atoms with Crippen LogP contribution in [0.2, 0.25) is 0 Å². The van der Waals surface area contributed by atoms with E-state index in [9.17, 15) is 0 Å². The van der Waals surface area contributed by atoms with Gasteiger partial charge in [-0.1, -0.05) is 44.9 Å². The number of aliphatic imine (C=N–C) groups is 1. The zero-order valence-corrected chi connectivity index (χ0v) is 19.7. The summed E-state index contributed by atoms with van der Waals surface area (Å²) in [6.07, 6.45) is 3.71. The number of hydrogen-bond donors (Lipinski definition) is 2. The Kier molecular flexibility index (Phi) is 11.7. The summed E-state index contributed by atoms with van der Waals surface area (Å²) in [5.74, 6) is 1.65. The molecule has 1 saturated heterocycles. The number of benzene rings is 1. The molecule has 0 radical (unpaired) electrons. The summed E-state index contributed by atoms with van der Waals surface area (Å²) >= 11 is 0. The van der Waals surface area contributed by atoms with Crippen LogP contribution in [0.25, 0.3) is 0 Å². The zero-order chi connectivity index (χ0) is 18.8. The normalized spacial score (nSPS) is 16.0. The van der Waals surface area contributed by atoms with Crippen LogP contribution in [-0.4, -0.2) is 45.4 Å². The van der Waals surface area contributed by atoms with Gasteiger partial charge in [0.2, 0.25) is 0 Å². The molecular formula is C21H37IN4O. The summed E-state index contributed by atoms with van der Waals surface area (Å²) in [7, 11) is 1.84. The third kappa shape index (κ3) is 8.68. The van der Waals surface area contributed by atoms with Crippen molar-refractivity contribution in [3.8, 4) is 0 Å². The van der Waals surface area contributed by atoms with Gasteiger partial charge in [-0.05, 0) is 30.9 Å². The molecule has 1 unspecified atom stereocenters. The molecule has 0 aromatic heterocycles. The fourth-order valence-corrected chi connectivity index (χ4v) is 3.28. The quantitative estimate of drug-likeness (QED) is 0.330. The molecule has 0 aliphatic carbocycles. The van der Waals surface area contributed by atoms with E-state index in [1.54, 1.807) is 0 Å². The fraction of sp³-hybridized carbons (Fsp3) is 0.667. The van der Waals surface area contributed by atoms with Crippen LogP contribution >= 0.6 is 24.0 Å². The van der Waals surface area contributed by atoms with E-state index in [2.05, 4.69) is 65.6 Å². The van der Waals surface area contributed by atoms with Crippen LogP contribution in [0.15, 0.2) is 29.3 Å². The van der Waals surface area contributed by atoms with E-state index in [0.717, 1.165) is 44.7 Å². The van der Waals surface area contributed by atoms with Crippen LogP contribution < -0.4 is 15.5 Å². The van der Waals surface area contributed by atoms with Crippen molar-refractivity contribution in [2.75, 3.05) is 38.3 Å². The third-order valence-corrected chi connectivity index (χ3v) is 4.82. The highest BCUT2D eigenvalue weighted by Crippen LogP contribution is 2.21. The second kappa shape index (κ2) is 13.2. The Balaban J connectivity index is 0.00000364. The highest BCUT2D eigenvalue weighted by molar-refractivity contribution is 14.0. The van der Waals surface area contributed by atoms with Gasteiger partial charge in [0.1, 0.15) is 0 Å². The standard InChI is InChI=1S/C21H36N4O.HI/c1-17(2)8-7-9-18(3)24-21(22-4)23-16-19-10-5-6-11-20(19)25-12-14-26-15-13-25;/h5-6,10-11,17-18H,7-9,12-16H2,1-4H3,(H2,22,23,24);1H. The van der Waals surface area contributed by atoms with Crippen LogP contribution in [0, 0.1) is 5.92 Å². The van der Waals surface area contributed by atoms with Crippen LogP contribution in [0.3, 0.4) is 0 Å². The summed E-state index contributed by atoms with van der Waals surface area (Å²) in [5, 5.41) is 6.99. The average Bonchev–Trinajstić information content (AvgIpc) is 2.65. The molecule has 6 heteroatoms. The van der Waals surface area contributed by atoms with Gasteiger partial charge in [0, 0.05) is 38.4 Å². The summed E-state index contributed by atoms with van der Waals surface area (Å²) in [6, 6.07) is 9.03. The van der Waals surface area contributed by atoms with Gasteiger partial charge in [-0.2, -0.15) is 0 Å². The maximum atomic E-state index is 5.48. The molecule has 1 atom stereocenters. The molecule has 1 heterocycles. The molecule has 2 N–H and O–H groups in total. The Morgan fingerprint density at radius 1 is 1.15 bits per heavy atom. The summed E-state index contributed by atoms with van der Waals surface area (Å²) in [5.41, 5.74) is 2.59. The van der Waals surface area contributed by atoms with Gasteiger partial charge in [-0.3, -0.25) is 4.99 Å². The zero-order valence-electron chi connectivity index (χ0n) is 17.3. The molecule has 0 spiro atoms. The largest absolute Gasteiger partial charge is 0.378 e.